The number of nitrogens with one attached hydrogen (secondary N) is 4. The molecule has 2 saturated heterocycles. The quantitative estimate of drug-likeness (QED) is 0.420. The third kappa shape index (κ3) is 4.48. The minimum Gasteiger partial charge on any atom is -0.441 e. The molecule has 0 spiro atoms. The summed E-state index contributed by atoms with van der Waals surface area (Å²) >= 11 is 0. The van der Waals surface area contributed by atoms with E-state index < -0.39 is 24.5 Å². The van der Waals surface area contributed by atoms with Crippen LogP contribution in [0.4, 0.5) is 26.6 Å². The van der Waals surface area contributed by atoms with Gasteiger partial charge in [-0.1, -0.05) is 0 Å². The molecule has 4 N–H and O–H groups in total. The van der Waals surface area contributed by atoms with E-state index in [4.69, 9.17) is 9.47 Å². The van der Waals surface area contributed by atoms with Gasteiger partial charge in [0.05, 0.1) is 24.2 Å². The molecule has 2 aliphatic heterocycles. The normalized spacial score (nSPS) is 22.9. The number of anilines is 3. The van der Waals surface area contributed by atoms with Crippen molar-refractivity contribution in [2.24, 2.45) is 0 Å². The van der Waals surface area contributed by atoms with Gasteiger partial charge in [-0.3, -0.25) is 9.50 Å². The highest BCUT2D eigenvalue weighted by Gasteiger charge is 2.42. The number of amides is 1. The van der Waals surface area contributed by atoms with Gasteiger partial charge in [-0.05, 0) is 13.8 Å². The van der Waals surface area contributed by atoms with Gasteiger partial charge in [-0.2, -0.15) is 5.10 Å². The number of piperazine rings is 1. The molecule has 0 aliphatic carbocycles. The van der Waals surface area contributed by atoms with E-state index in [1.54, 1.807) is 32.3 Å². The summed E-state index contributed by atoms with van der Waals surface area (Å²) in [6.07, 6.45) is 1.24. The highest BCUT2D eigenvalue weighted by Crippen LogP contribution is 2.33. The lowest BCUT2D eigenvalue weighted by Gasteiger charge is -2.29. The molecule has 0 aromatic carbocycles. The third-order valence-corrected chi connectivity index (χ3v) is 5.76. The molecule has 0 saturated carbocycles. The van der Waals surface area contributed by atoms with E-state index >= 15 is 0 Å². The maximum Gasteiger partial charge on any atom is 0.407 e. The molecule has 1 amide bonds. The number of fused-ring (bicyclic) bond motifs is 1. The van der Waals surface area contributed by atoms with E-state index in [9.17, 15) is 9.18 Å². The first-order valence-electron chi connectivity index (χ1n) is 11.3. The smallest absolute Gasteiger partial charge is 0.407 e. The number of aromatic amines is 1. The van der Waals surface area contributed by atoms with Gasteiger partial charge in [-0.15, -0.1) is 0 Å². The maximum atomic E-state index is 14.9. The molecule has 3 aromatic rings. The molecule has 3 aromatic heterocycles. The summed E-state index contributed by atoms with van der Waals surface area (Å²) in [5, 5.41) is 16.1. The number of carbonyl (C=O) groups is 1. The van der Waals surface area contributed by atoms with Crippen molar-refractivity contribution >= 4 is 29.2 Å². The van der Waals surface area contributed by atoms with Gasteiger partial charge in [0.2, 0.25) is 5.95 Å². The molecular weight excluding hydrogens is 445 g/mol. The average Bonchev–Trinajstić information content (AvgIpc) is 3.55. The van der Waals surface area contributed by atoms with Crippen LogP contribution in [0.25, 0.3) is 5.65 Å². The lowest BCUT2D eigenvalue weighted by atomic mass is 10.1. The summed E-state index contributed by atoms with van der Waals surface area (Å²) in [4.78, 5) is 23.1. The number of nitrogens with zero attached hydrogens (tertiary/aromatic N) is 5. The molecule has 34 heavy (non-hydrogen) atoms. The second kappa shape index (κ2) is 9.43. The van der Waals surface area contributed by atoms with Crippen molar-refractivity contribution in [3.8, 4) is 0 Å². The molecule has 0 unspecified atom stereocenters. The van der Waals surface area contributed by atoms with Crippen molar-refractivity contribution in [2.45, 2.75) is 38.3 Å². The number of alkyl carbamates (subject to hydrolysis) is 1. The van der Waals surface area contributed by atoms with E-state index in [1.807, 2.05) is 10.6 Å². The zero-order valence-electron chi connectivity index (χ0n) is 19.0. The Hall–Kier alpha value is -3.45. The molecule has 182 valence electrons. The molecular formula is C21H28FN9O3. The van der Waals surface area contributed by atoms with Crippen LogP contribution in [0.5, 0.6) is 0 Å². The minimum atomic E-state index is -1.52. The van der Waals surface area contributed by atoms with Crippen molar-refractivity contribution in [3.05, 3.63) is 30.4 Å². The van der Waals surface area contributed by atoms with Crippen molar-refractivity contribution in [1.82, 2.24) is 35.2 Å². The number of aromatic nitrogens is 5. The fourth-order valence-corrected chi connectivity index (χ4v) is 4.13. The summed E-state index contributed by atoms with van der Waals surface area (Å²) in [6, 6.07) is 1.55. The van der Waals surface area contributed by atoms with Crippen LogP contribution in [0.2, 0.25) is 0 Å². The summed E-state index contributed by atoms with van der Waals surface area (Å²) in [5.41, 5.74) is 2.19. The van der Waals surface area contributed by atoms with Crippen LogP contribution in [-0.2, 0) is 9.47 Å². The van der Waals surface area contributed by atoms with Crippen LogP contribution in [0.3, 0.4) is 0 Å². The number of H-pyrrole nitrogens is 1. The molecule has 2 fully saturated rings. The lowest BCUT2D eigenvalue weighted by Crippen LogP contribution is -2.43. The monoisotopic (exact) mass is 473 g/mol. The SMILES string of the molecule is CC(C)NC(=O)O[C@@H]1CO[C@H](c2cc(Nc3ncc(N4CCNCC4)c4nccn34)n[nH]2)[C@@H]1F. The van der Waals surface area contributed by atoms with Gasteiger partial charge in [0.25, 0.3) is 0 Å². The van der Waals surface area contributed by atoms with Crippen molar-refractivity contribution in [3.63, 3.8) is 0 Å². The molecule has 12 nitrogen and oxygen atoms in total. The Labute approximate surface area is 195 Å². The Kier molecular flexibility index (Phi) is 6.20. The molecule has 2 aliphatic rings. The predicted molar refractivity (Wildman–Crippen MR) is 122 cm³/mol. The van der Waals surface area contributed by atoms with Crippen LogP contribution in [0.1, 0.15) is 25.6 Å². The standard InChI is InChI=1S/C21H28FN9O3/c1-12(2)26-21(32)34-15-11-33-18(17(15)22)13-9-16(29-28-13)27-20-25-10-14(19-24-5-8-31(19)20)30-6-3-23-4-7-30/h5,8-10,12,15,17-18,23H,3-4,6-7,11H2,1-2H3,(H,26,32)(H2,25,27,28,29)/t15-,17-,18-/m1/s1. The highest BCUT2D eigenvalue weighted by atomic mass is 19.1. The first-order chi connectivity index (χ1) is 16.5. The summed E-state index contributed by atoms with van der Waals surface area (Å²) in [7, 11) is 0. The fourth-order valence-electron chi connectivity index (χ4n) is 4.13. The molecule has 3 atom stereocenters. The van der Waals surface area contributed by atoms with Crippen LogP contribution < -0.4 is 20.9 Å². The Bertz CT molecular complexity index is 1140. The second-order valence-corrected chi connectivity index (χ2v) is 8.60. The Morgan fingerprint density at radius 2 is 2.15 bits per heavy atom. The molecule has 5 rings (SSSR count). The van der Waals surface area contributed by atoms with E-state index in [0.717, 1.165) is 37.5 Å². The average molecular weight is 474 g/mol. The largest absolute Gasteiger partial charge is 0.441 e. The summed E-state index contributed by atoms with van der Waals surface area (Å²) in [6.45, 7) is 7.15. The molecule has 13 heteroatoms. The third-order valence-electron chi connectivity index (χ3n) is 5.76. The Morgan fingerprint density at radius 3 is 2.94 bits per heavy atom. The molecule has 5 heterocycles. The number of halogens is 1. The zero-order chi connectivity index (χ0) is 23.7. The Balaban J connectivity index is 1.28. The van der Waals surface area contributed by atoms with Crippen LogP contribution in [0, 0.1) is 0 Å². The van der Waals surface area contributed by atoms with Gasteiger partial charge in [0.15, 0.2) is 23.7 Å². The minimum absolute atomic E-state index is 0.0379. The number of alkyl halides is 1. The topological polar surface area (TPSA) is 134 Å². The summed E-state index contributed by atoms with van der Waals surface area (Å²) in [5.74, 6) is 0.977. The molecule has 0 bridgehead atoms. The van der Waals surface area contributed by atoms with Gasteiger partial charge < -0.3 is 30.3 Å². The van der Waals surface area contributed by atoms with Crippen molar-refractivity contribution in [2.75, 3.05) is 43.0 Å². The van der Waals surface area contributed by atoms with Crippen molar-refractivity contribution < 1.29 is 18.7 Å². The highest BCUT2D eigenvalue weighted by molar-refractivity contribution is 5.71. The second-order valence-electron chi connectivity index (χ2n) is 8.60. The fraction of sp³-hybridized carbons (Fsp3) is 0.524. The maximum absolute atomic E-state index is 14.9. The van der Waals surface area contributed by atoms with Gasteiger partial charge in [0.1, 0.15) is 6.10 Å². The zero-order valence-corrected chi connectivity index (χ0v) is 19.0. The van der Waals surface area contributed by atoms with E-state index in [-0.39, 0.29) is 12.6 Å². The number of hydrogen-bond donors (Lipinski definition) is 4. The van der Waals surface area contributed by atoms with E-state index in [2.05, 4.69) is 41.0 Å². The van der Waals surface area contributed by atoms with E-state index in [0.29, 0.717) is 17.5 Å². The number of hydrogen-bond acceptors (Lipinski definition) is 9. The van der Waals surface area contributed by atoms with Crippen molar-refractivity contribution in [1.29, 1.82) is 0 Å². The summed E-state index contributed by atoms with van der Waals surface area (Å²) < 4.78 is 27.5. The number of ether oxygens (including phenoxy) is 2. The first kappa shape index (κ1) is 22.3. The molecule has 0 radical (unpaired) electrons. The van der Waals surface area contributed by atoms with Crippen LogP contribution in [0.15, 0.2) is 24.7 Å². The Morgan fingerprint density at radius 1 is 1.32 bits per heavy atom. The first-order valence-corrected chi connectivity index (χ1v) is 11.3. The van der Waals surface area contributed by atoms with Crippen LogP contribution in [-0.4, -0.2) is 81.8 Å². The van der Waals surface area contributed by atoms with Gasteiger partial charge in [0, 0.05) is 50.7 Å². The number of imidazole rings is 1. The lowest BCUT2D eigenvalue weighted by molar-refractivity contribution is 0.0615. The number of carbonyl (C=O) groups excluding carboxylic acids is 1. The van der Waals surface area contributed by atoms with E-state index in [1.165, 1.54) is 0 Å². The predicted octanol–water partition coefficient (Wildman–Crippen LogP) is 1.52. The number of rotatable bonds is 6. The van der Waals surface area contributed by atoms with Crippen LogP contribution >= 0.6 is 0 Å². The van der Waals surface area contributed by atoms with Gasteiger partial charge >= 0.3 is 6.09 Å². The van der Waals surface area contributed by atoms with Gasteiger partial charge in [-0.25, -0.2) is 19.2 Å².